The second-order valence-corrected chi connectivity index (χ2v) is 10.3. The molecule has 3 unspecified atom stereocenters. The lowest BCUT2D eigenvalue weighted by Crippen LogP contribution is -2.53. The minimum absolute atomic E-state index is 0.00139. The van der Waals surface area contributed by atoms with Crippen molar-refractivity contribution in [1.82, 2.24) is 0 Å². The third kappa shape index (κ3) is 2.80. The van der Waals surface area contributed by atoms with E-state index in [1.807, 2.05) is 6.08 Å². The van der Waals surface area contributed by atoms with Crippen molar-refractivity contribution in [2.24, 2.45) is 34.5 Å². The average Bonchev–Trinajstić information content (AvgIpc) is 3.15. The summed E-state index contributed by atoms with van der Waals surface area (Å²) in [6.07, 6.45) is 8.92. The van der Waals surface area contributed by atoms with Gasteiger partial charge in [0.25, 0.3) is 0 Å². The van der Waals surface area contributed by atoms with Gasteiger partial charge in [0.05, 0.1) is 12.7 Å². The van der Waals surface area contributed by atoms with Gasteiger partial charge in [-0.3, -0.25) is 9.59 Å². The van der Waals surface area contributed by atoms with Crippen LogP contribution in [-0.4, -0.2) is 30.9 Å². The maximum Gasteiger partial charge on any atom is 0.166 e. The van der Waals surface area contributed by atoms with Gasteiger partial charge < -0.3 is 9.62 Å². The molecule has 158 valence electrons. The smallest absolute Gasteiger partial charge is 0.166 e. The number of ether oxygens (including phenoxy) is 1. The lowest BCUT2D eigenvalue weighted by molar-refractivity contribution is -0.257. The standard InChI is InChI=1S/C24H32O5/c1-14(2)29-28-12-21(26)19-5-4-17-16-11-22-20-10-15(25)6-9-24(20,13-27-22)18(16)7-8-23(17,19)3/h10,16-19,22H,1,4-9,11-13H2,2-3H3/t16?,17?,18?,19-,22-,23+,24+/m1/s1. The zero-order valence-electron chi connectivity index (χ0n) is 17.6. The second kappa shape index (κ2) is 6.78. The fourth-order valence-electron chi connectivity index (χ4n) is 7.86. The second-order valence-electron chi connectivity index (χ2n) is 10.3. The maximum absolute atomic E-state index is 12.9. The fraction of sp³-hybridized carbons (Fsp3) is 0.750. The molecule has 1 heterocycles. The van der Waals surface area contributed by atoms with E-state index in [4.69, 9.17) is 14.5 Å². The summed E-state index contributed by atoms with van der Waals surface area (Å²) in [4.78, 5) is 35.1. The molecule has 0 radical (unpaired) electrons. The lowest BCUT2D eigenvalue weighted by Gasteiger charge is -2.56. The molecule has 0 N–H and O–H groups in total. The Morgan fingerprint density at radius 3 is 2.90 bits per heavy atom. The number of hydrogen-bond acceptors (Lipinski definition) is 5. The van der Waals surface area contributed by atoms with Crippen LogP contribution in [-0.2, 0) is 24.1 Å². The van der Waals surface area contributed by atoms with Crippen LogP contribution in [0.1, 0.15) is 58.8 Å². The highest BCUT2D eigenvalue weighted by Gasteiger charge is 2.65. The summed E-state index contributed by atoms with van der Waals surface area (Å²) in [6.45, 7) is 8.46. The van der Waals surface area contributed by atoms with E-state index in [0.717, 1.165) is 45.1 Å². The molecule has 0 aromatic rings. The van der Waals surface area contributed by atoms with Crippen LogP contribution in [0.3, 0.4) is 0 Å². The number of Topliss-reactive ketones (excluding diaryl/α,β-unsaturated/α-hetero) is 1. The van der Waals surface area contributed by atoms with E-state index < -0.39 is 0 Å². The van der Waals surface area contributed by atoms with E-state index in [-0.39, 0.29) is 41.0 Å². The molecular formula is C24H32O5. The average molecular weight is 401 g/mol. The maximum atomic E-state index is 12.9. The third-order valence-corrected chi connectivity index (χ3v) is 9.02. The van der Waals surface area contributed by atoms with Crippen molar-refractivity contribution in [2.75, 3.05) is 13.2 Å². The first-order valence-corrected chi connectivity index (χ1v) is 11.2. The molecule has 7 atom stereocenters. The van der Waals surface area contributed by atoms with E-state index in [0.29, 0.717) is 29.9 Å². The Hall–Kier alpha value is -1.46. The van der Waals surface area contributed by atoms with Crippen molar-refractivity contribution in [3.63, 3.8) is 0 Å². The molecule has 5 nitrogen and oxygen atoms in total. The van der Waals surface area contributed by atoms with Crippen LogP contribution < -0.4 is 0 Å². The third-order valence-electron chi connectivity index (χ3n) is 9.02. The van der Waals surface area contributed by atoms with Crippen LogP contribution in [0.15, 0.2) is 24.0 Å². The lowest BCUT2D eigenvalue weighted by atomic mass is 9.46. The Labute approximate surface area is 172 Å². The van der Waals surface area contributed by atoms with Gasteiger partial charge in [0.2, 0.25) is 0 Å². The number of ketones is 2. The molecule has 29 heavy (non-hydrogen) atoms. The van der Waals surface area contributed by atoms with E-state index in [9.17, 15) is 9.59 Å². The van der Waals surface area contributed by atoms with Gasteiger partial charge in [-0.1, -0.05) is 13.5 Å². The summed E-state index contributed by atoms with van der Waals surface area (Å²) < 4.78 is 6.25. The number of hydrogen-bond donors (Lipinski definition) is 0. The largest absolute Gasteiger partial charge is 0.373 e. The highest BCUT2D eigenvalue weighted by atomic mass is 17.2. The molecule has 1 saturated heterocycles. The number of rotatable bonds is 5. The molecule has 0 aromatic heterocycles. The van der Waals surface area contributed by atoms with Crippen LogP contribution in [0, 0.1) is 34.5 Å². The summed E-state index contributed by atoms with van der Waals surface area (Å²) >= 11 is 0. The van der Waals surface area contributed by atoms with Crippen LogP contribution in [0.4, 0.5) is 0 Å². The van der Waals surface area contributed by atoms with Gasteiger partial charge in [0, 0.05) is 17.8 Å². The van der Waals surface area contributed by atoms with Crippen molar-refractivity contribution in [3.8, 4) is 0 Å². The zero-order valence-corrected chi connectivity index (χ0v) is 17.6. The van der Waals surface area contributed by atoms with Crippen LogP contribution in [0.2, 0.25) is 0 Å². The van der Waals surface area contributed by atoms with Gasteiger partial charge in [0.15, 0.2) is 18.2 Å². The van der Waals surface area contributed by atoms with Crippen LogP contribution in [0.25, 0.3) is 0 Å². The number of allylic oxidation sites excluding steroid dienone is 1. The summed E-state index contributed by atoms with van der Waals surface area (Å²) in [6, 6.07) is 0. The molecule has 0 amide bonds. The molecule has 0 spiro atoms. The Balaban J connectivity index is 1.37. The first-order valence-electron chi connectivity index (χ1n) is 11.2. The van der Waals surface area contributed by atoms with Gasteiger partial charge in [-0.25, -0.2) is 0 Å². The van der Waals surface area contributed by atoms with Gasteiger partial charge in [-0.05, 0) is 80.3 Å². The first kappa shape index (κ1) is 19.5. The first-order chi connectivity index (χ1) is 13.8. The molecule has 1 aliphatic heterocycles. The predicted molar refractivity (Wildman–Crippen MR) is 107 cm³/mol. The van der Waals surface area contributed by atoms with Gasteiger partial charge in [0.1, 0.15) is 5.76 Å². The molecular weight excluding hydrogens is 368 g/mol. The molecule has 3 saturated carbocycles. The molecule has 5 heteroatoms. The van der Waals surface area contributed by atoms with Gasteiger partial charge in [-0.15, -0.1) is 0 Å². The SMILES string of the molecule is C=C(C)OOCC(=O)[C@H]1CCC2C3C[C@H]4OC[C@@]5(CCC(=O)C=C45)C3CC[C@@]21C. The molecule has 5 aliphatic rings. The summed E-state index contributed by atoms with van der Waals surface area (Å²) in [7, 11) is 0. The summed E-state index contributed by atoms with van der Waals surface area (Å²) in [5, 5.41) is 0. The van der Waals surface area contributed by atoms with E-state index >= 15 is 0 Å². The summed E-state index contributed by atoms with van der Waals surface area (Å²) in [5.41, 5.74) is 1.42. The van der Waals surface area contributed by atoms with E-state index in [1.165, 1.54) is 5.57 Å². The van der Waals surface area contributed by atoms with Crippen molar-refractivity contribution in [2.45, 2.75) is 64.9 Å². The molecule has 4 fully saturated rings. The highest BCUT2D eigenvalue weighted by Crippen LogP contribution is 2.68. The summed E-state index contributed by atoms with van der Waals surface area (Å²) in [5.74, 6) is 2.68. The van der Waals surface area contributed by atoms with E-state index in [2.05, 4.69) is 13.5 Å². The number of carbonyl (C=O) groups excluding carboxylic acids is 2. The van der Waals surface area contributed by atoms with Crippen molar-refractivity contribution in [3.05, 3.63) is 24.0 Å². The Bertz CT molecular complexity index is 784. The van der Waals surface area contributed by atoms with Crippen molar-refractivity contribution in [1.29, 1.82) is 0 Å². The normalized spacial score (nSPS) is 45.1. The van der Waals surface area contributed by atoms with Crippen LogP contribution in [0.5, 0.6) is 0 Å². The van der Waals surface area contributed by atoms with Crippen LogP contribution >= 0.6 is 0 Å². The number of carbonyl (C=O) groups is 2. The van der Waals surface area contributed by atoms with Crippen molar-refractivity contribution < 1.29 is 24.1 Å². The quantitative estimate of drug-likeness (QED) is 0.394. The van der Waals surface area contributed by atoms with Crippen molar-refractivity contribution >= 4 is 11.6 Å². The molecule has 4 aliphatic carbocycles. The minimum Gasteiger partial charge on any atom is -0.373 e. The highest BCUT2D eigenvalue weighted by molar-refractivity contribution is 5.92. The Kier molecular flexibility index (Phi) is 4.56. The van der Waals surface area contributed by atoms with Gasteiger partial charge >= 0.3 is 0 Å². The Morgan fingerprint density at radius 2 is 2.10 bits per heavy atom. The number of fused-ring (bicyclic) bond motifs is 3. The topological polar surface area (TPSA) is 61.8 Å². The predicted octanol–water partition coefficient (Wildman–Crippen LogP) is 4.17. The van der Waals surface area contributed by atoms with E-state index in [1.54, 1.807) is 6.92 Å². The monoisotopic (exact) mass is 400 g/mol. The Morgan fingerprint density at radius 1 is 1.28 bits per heavy atom. The van der Waals surface area contributed by atoms with Gasteiger partial charge in [-0.2, -0.15) is 4.89 Å². The molecule has 0 aromatic carbocycles. The molecule has 2 bridgehead atoms. The fourth-order valence-corrected chi connectivity index (χ4v) is 7.86. The molecule has 5 rings (SSSR count). The minimum atomic E-state index is -0.00139. The zero-order chi connectivity index (χ0) is 20.4.